The Labute approximate surface area is 100.0 Å². The fraction of sp³-hybridized carbons (Fsp3) is 0.583. The van der Waals surface area contributed by atoms with E-state index in [4.69, 9.17) is 18.9 Å². The number of carbonyl (C=O) groups excluding carboxylic acids is 1. The van der Waals surface area contributed by atoms with Crippen LogP contribution in [0.1, 0.15) is 6.92 Å². The molecule has 2 rings (SSSR count). The van der Waals surface area contributed by atoms with Gasteiger partial charge in [0.2, 0.25) is 5.79 Å². The smallest absolute Gasteiger partial charge is 0.216 e. The van der Waals surface area contributed by atoms with Gasteiger partial charge in [-0.3, -0.25) is 4.79 Å². The Bertz CT molecular complexity index is 372. The van der Waals surface area contributed by atoms with Gasteiger partial charge in [-0.05, 0) is 25.2 Å². The molecule has 17 heavy (non-hydrogen) atoms. The van der Waals surface area contributed by atoms with Crippen LogP contribution in [-0.4, -0.2) is 44.8 Å². The second kappa shape index (κ2) is 4.34. The molecular weight excluding hydrogens is 224 g/mol. The normalized spacial score (nSPS) is 26.1. The Hall–Kier alpha value is -1.01. The lowest BCUT2D eigenvalue weighted by Crippen LogP contribution is -2.47. The van der Waals surface area contributed by atoms with Gasteiger partial charge in [-0.25, -0.2) is 0 Å². The summed E-state index contributed by atoms with van der Waals surface area (Å²) in [6.45, 7) is 2.72. The first kappa shape index (κ1) is 12.4. The molecule has 1 fully saturated rings. The molecule has 5 heteroatoms. The Balaban J connectivity index is 2.43. The predicted molar refractivity (Wildman–Crippen MR) is 59.3 cm³/mol. The van der Waals surface area contributed by atoms with Crippen molar-refractivity contribution in [1.82, 2.24) is 0 Å². The van der Waals surface area contributed by atoms with Gasteiger partial charge in [0.25, 0.3) is 0 Å². The maximum atomic E-state index is 11.5. The quantitative estimate of drug-likeness (QED) is 0.683. The molecule has 1 aliphatic heterocycles. The third-order valence-electron chi connectivity index (χ3n) is 3.06. The van der Waals surface area contributed by atoms with Gasteiger partial charge in [0, 0.05) is 14.2 Å². The molecule has 1 saturated heterocycles. The van der Waals surface area contributed by atoms with E-state index < -0.39 is 11.6 Å². The zero-order chi connectivity index (χ0) is 12.5. The van der Waals surface area contributed by atoms with E-state index in [1.165, 1.54) is 26.4 Å². The first-order valence-electron chi connectivity index (χ1n) is 5.40. The van der Waals surface area contributed by atoms with Crippen LogP contribution in [0.15, 0.2) is 23.8 Å². The van der Waals surface area contributed by atoms with E-state index in [0.717, 1.165) is 0 Å². The van der Waals surface area contributed by atoms with E-state index in [2.05, 4.69) is 0 Å². The van der Waals surface area contributed by atoms with Gasteiger partial charge in [-0.2, -0.15) is 0 Å². The minimum atomic E-state index is -1.10. The van der Waals surface area contributed by atoms with Crippen molar-refractivity contribution in [2.45, 2.75) is 18.5 Å². The van der Waals surface area contributed by atoms with Gasteiger partial charge in [-0.15, -0.1) is 0 Å². The molecule has 0 radical (unpaired) electrons. The number of carbonyl (C=O) groups is 1. The summed E-state index contributed by atoms with van der Waals surface area (Å²) in [6, 6.07) is 0. The first-order chi connectivity index (χ1) is 8.06. The van der Waals surface area contributed by atoms with E-state index in [9.17, 15) is 4.79 Å². The largest absolute Gasteiger partial charge is 0.346 e. The molecule has 0 saturated carbocycles. The van der Waals surface area contributed by atoms with E-state index in [-0.39, 0.29) is 5.78 Å². The highest BCUT2D eigenvalue weighted by Crippen LogP contribution is 2.39. The maximum absolute atomic E-state index is 11.5. The van der Waals surface area contributed by atoms with Crippen molar-refractivity contribution < 1.29 is 23.7 Å². The van der Waals surface area contributed by atoms with Crippen LogP contribution in [0.2, 0.25) is 0 Å². The molecule has 0 bridgehead atoms. The van der Waals surface area contributed by atoms with Crippen molar-refractivity contribution >= 4 is 5.78 Å². The third-order valence-corrected chi connectivity index (χ3v) is 3.06. The van der Waals surface area contributed by atoms with Gasteiger partial charge in [0.15, 0.2) is 11.6 Å². The van der Waals surface area contributed by atoms with Crippen molar-refractivity contribution in [2.75, 3.05) is 27.4 Å². The summed E-state index contributed by atoms with van der Waals surface area (Å²) in [5, 5.41) is 0. The molecule has 2 aliphatic rings. The fourth-order valence-electron chi connectivity index (χ4n) is 2.13. The highest BCUT2D eigenvalue weighted by molar-refractivity contribution is 6.01. The molecule has 0 amide bonds. The monoisotopic (exact) mass is 240 g/mol. The van der Waals surface area contributed by atoms with Crippen LogP contribution in [0.25, 0.3) is 0 Å². The summed E-state index contributed by atoms with van der Waals surface area (Å²) in [7, 11) is 3.02. The summed E-state index contributed by atoms with van der Waals surface area (Å²) < 4.78 is 21.9. The summed E-state index contributed by atoms with van der Waals surface area (Å²) in [5.74, 6) is -2.22. The molecule has 5 nitrogen and oxygen atoms in total. The van der Waals surface area contributed by atoms with Crippen molar-refractivity contribution in [1.29, 1.82) is 0 Å². The number of hydrogen-bond donors (Lipinski definition) is 0. The van der Waals surface area contributed by atoms with Gasteiger partial charge < -0.3 is 18.9 Å². The standard InChI is InChI=1S/C12H16O5/c1-11(16-6-7-17-11)10-8-9(13)4-5-12(10,14-2)15-3/h4-5,8H,6-7H2,1-3H3. The van der Waals surface area contributed by atoms with Gasteiger partial charge in [0.05, 0.1) is 18.8 Å². The van der Waals surface area contributed by atoms with Gasteiger partial charge in [0.1, 0.15) is 0 Å². The first-order valence-corrected chi connectivity index (χ1v) is 5.40. The minimum absolute atomic E-state index is 0.134. The molecule has 94 valence electrons. The van der Waals surface area contributed by atoms with Gasteiger partial charge >= 0.3 is 0 Å². The van der Waals surface area contributed by atoms with E-state index in [1.807, 2.05) is 0 Å². The fourth-order valence-corrected chi connectivity index (χ4v) is 2.13. The van der Waals surface area contributed by atoms with Crippen LogP contribution in [0, 0.1) is 0 Å². The highest BCUT2D eigenvalue weighted by atomic mass is 16.7. The van der Waals surface area contributed by atoms with Crippen molar-refractivity contribution in [2.24, 2.45) is 0 Å². The lowest BCUT2D eigenvalue weighted by atomic mass is 9.91. The van der Waals surface area contributed by atoms with Crippen LogP contribution in [0.3, 0.4) is 0 Å². The number of hydrogen-bond acceptors (Lipinski definition) is 5. The molecule has 1 aliphatic carbocycles. The second-order valence-corrected chi connectivity index (χ2v) is 4.01. The van der Waals surface area contributed by atoms with Gasteiger partial charge in [-0.1, -0.05) is 0 Å². The molecule has 0 unspecified atom stereocenters. The maximum Gasteiger partial charge on any atom is 0.216 e. The Kier molecular flexibility index (Phi) is 3.18. The van der Waals surface area contributed by atoms with Crippen LogP contribution >= 0.6 is 0 Å². The molecule has 0 aromatic rings. The number of methoxy groups -OCH3 is 2. The molecule has 0 spiro atoms. The Morgan fingerprint density at radius 3 is 2.35 bits per heavy atom. The van der Waals surface area contributed by atoms with E-state index in [1.54, 1.807) is 13.0 Å². The van der Waals surface area contributed by atoms with Crippen molar-refractivity contribution in [3.8, 4) is 0 Å². The molecule has 0 aromatic carbocycles. The average molecular weight is 240 g/mol. The number of ketones is 1. The number of allylic oxidation sites excluding steroid dienone is 2. The lowest BCUT2D eigenvalue weighted by Gasteiger charge is -2.38. The zero-order valence-electron chi connectivity index (χ0n) is 10.2. The number of ether oxygens (including phenoxy) is 4. The molecule has 0 aromatic heterocycles. The molecule has 0 N–H and O–H groups in total. The predicted octanol–water partition coefficient (Wildman–Crippen LogP) is 0.804. The number of rotatable bonds is 3. The summed E-state index contributed by atoms with van der Waals surface area (Å²) in [5.41, 5.74) is 0.528. The summed E-state index contributed by atoms with van der Waals surface area (Å²) in [4.78, 5) is 11.5. The van der Waals surface area contributed by atoms with E-state index in [0.29, 0.717) is 18.8 Å². The zero-order valence-corrected chi connectivity index (χ0v) is 10.2. The lowest BCUT2D eigenvalue weighted by molar-refractivity contribution is -0.195. The van der Waals surface area contributed by atoms with Crippen molar-refractivity contribution in [3.05, 3.63) is 23.8 Å². The Morgan fingerprint density at radius 1 is 1.24 bits per heavy atom. The molecular formula is C12H16O5. The Morgan fingerprint density at radius 2 is 1.82 bits per heavy atom. The second-order valence-electron chi connectivity index (χ2n) is 4.01. The molecule has 0 atom stereocenters. The minimum Gasteiger partial charge on any atom is -0.346 e. The van der Waals surface area contributed by atoms with Crippen LogP contribution in [0.4, 0.5) is 0 Å². The van der Waals surface area contributed by atoms with Crippen LogP contribution in [0.5, 0.6) is 0 Å². The highest BCUT2D eigenvalue weighted by Gasteiger charge is 2.48. The van der Waals surface area contributed by atoms with Crippen molar-refractivity contribution in [3.63, 3.8) is 0 Å². The molecule has 1 heterocycles. The third kappa shape index (κ3) is 1.95. The SMILES string of the molecule is COC1(OC)C=CC(=O)C=C1C1(C)OCCO1. The topological polar surface area (TPSA) is 54.0 Å². The average Bonchev–Trinajstić information content (AvgIpc) is 2.78. The van der Waals surface area contributed by atoms with E-state index >= 15 is 0 Å². The summed E-state index contributed by atoms with van der Waals surface area (Å²) in [6.07, 6.45) is 4.42. The summed E-state index contributed by atoms with van der Waals surface area (Å²) >= 11 is 0. The van der Waals surface area contributed by atoms with Crippen LogP contribution < -0.4 is 0 Å². The van der Waals surface area contributed by atoms with Crippen LogP contribution in [-0.2, 0) is 23.7 Å².